The molecular formula is C14H19N3O. The number of anilines is 1. The van der Waals surface area contributed by atoms with Gasteiger partial charge in [0.05, 0.1) is 13.2 Å². The number of aromatic nitrogens is 2. The number of hydrogen-bond donors (Lipinski definition) is 1. The molecule has 1 aromatic heterocycles. The minimum absolute atomic E-state index is 0.678. The van der Waals surface area contributed by atoms with Crippen molar-refractivity contribution in [2.45, 2.75) is 13.5 Å². The van der Waals surface area contributed by atoms with Gasteiger partial charge in [-0.3, -0.25) is 0 Å². The van der Waals surface area contributed by atoms with Gasteiger partial charge in [-0.05, 0) is 18.1 Å². The molecule has 4 heteroatoms. The molecule has 0 unspecified atom stereocenters. The molecule has 0 bridgehead atoms. The van der Waals surface area contributed by atoms with Gasteiger partial charge in [0, 0.05) is 26.0 Å². The molecule has 0 fully saturated rings. The highest BCUT2D eigenvalue weighted by Crippen LogP contribution is 2.12. The third-order valence-corrected chi connectivity index (χ3v) is 2.91. The zero-order chi connectivity index (χ0) is 12.8. The largest absolute Gasteiger partial charge is 0.383 e. The summed E-state index contributed by atoms with van der Waals surface area (Å²) in [7, 11) is 1.70. The predicted molar refractivity (Wildman–Crippen MR) is 72.9 cm³/mol. The second kappa shape index (κ2) is 6.21. The van der Waals surface area contributed by atoms with Crippen LogP contribution in [0.25, 0.3) is 0 Å². The van der Waals surface area contributed by atoms with E-state index < -0.39 is 0 Å². The fourth-order valence-corrected chi connectivity index (χ4v) is 1.84. The van der Waals surface area contributed by atoms with Gasteiger partial charge in [0.15, 0.2) is 0 Å². The van der Waals surface area contributed by atoms with E-state index in [0.717, 1.165) is 19.0 Å². The summed E-state index contributed by atoms with van der Waals surface area (Å²) in [6.45, 7) is 4.41. The van der Waals surface area contributed by atoms with Crippen LogP contribution < -0.4 is 5.32 Å². The lowest BCUT2D eigenvalue weighted by atomic mass is 10.1. The molecule has 18 heavy (non-hydrogen) atoms. The van der Waals surface area contributed by atoms with Crippen molar-refractivity contribution in [1.82, 2.24) is 9.55 Å². The van der Waals surface area contributed by atoms with E-state index in [0.29, 0.717) is 6.61 Å². The summed E-state index contributed by atoms with van der Waals surface area (Å²) >= 11 is 0. The molecule has 1 N–H and O–H groups in total. The maximum Gasteiger partial charge on any atom is 0.203 e. The normalized spacial score (nSPS) is 10.6. The van der Waals surface area contributed by atoms with E-state index in [9.17, 15) is 0 Å². The van der Waals surface area contributed by atoms with Crippen molar-refractivity contribution in [2.75, 3.05) is 25.6 Å². The Labute approximate surface area is 108 Å². The van der Waals surface area contributed by atoms with Crippen molar-refractivity contribution in [3.63, 3.8) is 0 Å². The Morgan fingerprint density at radius 2 is 2.17 bits per heavy atom. The van der Waals surface area contributed by atoms with Crippen LogP contribution in [0, 0.1) is 6.92 Å². The highest BCUT2D eigenvalue weighted by molar-refractivity contribution is 5.31. The lowest BCUT2D eigenvalue weighted by Gasteiger charge is -2.11. The van der Waals surface area contributed by atoms with Crippen molar-refractivity contribution in [1.29, 1.82) is 0 Å². The summed E-state index contributed by atoms with van der Waals surface area (Å²) in [6, 6.07) is 8.40. The summed E-state index contributed by atoms with van der Waals surface area (Å²) in [6.07, 6.45) is 3.80. The molecule has 0 aliphatic rings. The first-order chi connectivity index (χ1) is 8.81. The van der Waals surface area contributed by atoms with Crippen molar-refractivity contribution in [2.24, 2.45) is 0 Å². The van der Waals surface area contributed by atoms with Crippen LogP contribution in [-0.2, 0) is 11.3 Å². The molecule has 2 rings (SSSR count). The van der Waals surface area contributed by atoms with Gasteiger partial charge in [-0.2, -0.15) is 0 Å². The number of rotatable bonds is 6. The zero-order valence-corrected chi connectivity index (χ0v) is 10.9. The van der Waals surface area contributed by atoms with E-state index in [1.165, 1.54) is 11.1 Å². The lowest BCUT2D eigenvalue weighted by molar-refractivity contribution is 0.210. The van der Waals surface area contributed by atoms with Gasteiger partial charge in [-0.25, -0.2) is 4.98 Å². The summed E-state index contributed by atoms with van der Waals surface area (Å²) in [5, 5.41) is 3.26. The molecule has 2 aromatic rings. The van der Waals surface area contributed by atoms with E-state index in [1.807, 2.05) is 12.4 Å². The van der Waals surface area contributed by atoms with E-state index in [2.05, 4.69) is 46.1 Å². The molecule has 0 aliphatic heterocycles. The Morgan fingerprint density at radius 1 is 1.33 bits per heavy atom. The fraction of sp³-hybridized carbons (Fsp3) is 0.357. The van der Waals surface area contributed by atoms with Crippen molar-refractivity contribution in [3.05, 3.63) is 47.8 Å². The number of hydrogen-bond acceptors (Lipinski definition) is 3. The quantitative estimate of drug-likeness (QED) is 0.794. The van der Waals surface area contributed by atoms with Crippen molar-refractivity contribution >= 4 is 5.95 Å². The predicted octanol–water partition coefficient (Wildman–Crippen LogP) is 2.30. The monoisotopic (exact) mass is 245 g/mol. The topological polar surface area (TPSA) is 39.1 Å². The molecule has 4 nitrogen and oxygen atoms in total. The maximum absolute atomic E-state index is 5.02. The van der Waals surface area contributed by atoms with Crippen molar-refractivity contribution in [3.8, 4) is 0 Å². The summed E-state index contributed by atoms with van der Waals surface area (Å²) < 4.78 is 7.13. The zero-order valence-electron chi connectivity index (χ0n) is 10.9. The summed E-state index contributed by atoms with van der Waals surface area (Å²) in [5.41, 5.74) is 2.61. The van der Waals surface area contributed by atoms with Gasteiger partial charge in [-0.15, -0.1) is 0 Å². The number of nitrogens with one attached hydrogen (secondary N) is 1. The SMILES string of the molecule is COCCNc1nccn1Cc1ccccc1C. The molecule has 0 saturated carbocycles. The van der Waals surface area contributed by atoms with E-state index in [-0.39, 0.29) is 0 Å². The Bertz CT molecular complexity index is 493. The van der Waals surface area contributed by atoms with Crippen LogP contribution in [0.5, 0.6) is 0 Å². The molecule has 0 radical (unpaired) electrons. The molecule has 0 saturated heterocycles. The van der Waals surface area contributed by atoms with Crippen LogP contribution in [0.4, 0.5) is 5.95 Å². The first-order valence-corrected chi connectivity index (χ1v) is 6.09. The number of nitrogens with zero attached hydrogens (tertiary/aromatic N) is 2. The molecule has 96 valence electrons. The van der Waals surface area contributed by atoms with Gasteiger partial charge >= 0.3 is 0 Å². The molecule has 0 aliphatic carbocycles. The number of imidazole rings is 1. The lowest BCUT2D eigenvalue weighted by Crippen LogP contribution is -2.13. The maximum atomic E-state index is 5.02. The van der Waals surface area contributed by atoms with Crippen LogP contribution in [-0.4, -0.2) is 29.8 Å². The van der Waals surface area contributed by atoms with Gasteiger partial charge in [0.25, 0.3) is 0 Å². The second-order valence-electron chi connectivity index (χ2n) is 4.22. The van der Waals surface area contributed by atoms with Gasteiger partial charge in [0.2, 0.25) is 5.95 Å². The smallest absolute Gasteiger partial charge is 0.203 e. The Kier molecular flexibility index (Phi) is 4.36. The van der Waals surface area contributed by atoms with E-state index >= 15 is 0 Å². The van der Waals surface area contributed by atoms with Crippen LogP contribution in [0.2, 0.25) is 0 Å². The highest BCUT2D eigenvalue weighted by Gasteiger charge is 2.04. The first kappa shape index (κ1) is 12.6. The molecular weight excluding hydrogens is 226 g/mol. The standard InChI is InChI=1S/C14H19N3O/c1-12-5-3-4-6-13(12)11-17-9-7-15-14(17)16-8-10-18-2/h3-7,9H,8,10-11H2,1-2H3,(H,15,16). The van der Waals surface area contributed by atoms with Crippen LogP contribution in [0.3, 0.4) is 0 Å². The highest BCUT2D eigenvalue weighted by atomic mass is 16.5. The van der Waals surface area contributed by atoms with Gasteiger partial charge in [-0.1, -0.05) is 24.3 Å². The molecule has 1 aromatic carbocycles. The van der Waals surface area contributed by atoms with Crippen LogP contribution >= 0.6 is 0 Å². The molecule has 0 atom stereocenters. The Balaban J connectivity index is 2.05. The third-order valence-electron chi connectivity index (χ3n) is 2.91. The Morgan fingerprint density at radius 3 is 2.94 bits per heavy atom. The summed E-state index contributed by atoms with van der Waals surface area (Å²) in [4.78, 5) is 4.31. The minimum Gasteiger partial charge on any atom is -0.383 e. The van der Waals surface area contributed by atoms with Crippen LogP contribution in [0.15, 0.2) is 36.7 Å². The van der Waals surface area contributed by atoms with Crippen molar-refractivity contribution < 1.29 is 4.74 Å². The Hall–Kier alpha value is -1.81. The fourth-order valence-electron chi connectivity index (χ4n) is 1.84. The number of ether oxygens (including phenoxy) is 1. The number of methoxy groups -OCH3 is 1. The average molecular weight is 245 g/mol. The number of benzene rings is 1. The number of aryl methyl sites for hydroxylation is 1. The molecule has 0 spiro atoms. The van der Waals surface area contributed by atoms with Gasteiger partial charge < -0.3 is 14.6 Å². The first-order valence-electron chi connectivity index (χ1n) is 6.09. The van der Waals surface area contributed by atoms with Gasteiger partial charge in [0.1, 0.15) is 0 Å². The minimum atomic E-state index is 0.678. The van der Waals surface area contributed by atoms with E-state index in [4.69, 9.17) is 4.74 Å². The molecule has 0 amide bonds. The molecule has 1 heterocycles. The van der Waals surface area contributed by atoms with E-state index in [1.54, 1.807) is 7.11 Å². The summed E-state index contributed by atoms with van der Waals surface area (Å²) in [5.74, 6) is 0.885. The average Bonchev–Trinajstić information content (AvgIpc) is 2.80. The second-order valence-corrected chi connectivity index (χ2v) is 4.22. The third kappa shape index (κ3) is 3.11. The van der Waals surface area contributed by atoms with Crippen LogP contribution in [0.1, 0.15) is 11.1 Å².